The molecule has 0 aliphatic heterocycles. The zero-order valence-electron chi connectivity index (χ0n) is 12.1. The van der Waals surface area contributed by atoms with E-state index < -0.39 is 0 Å². The topological polar surface area (TPSA) is 12.0 Å². The third-order valence-electron chi connectivity index (χ3n) is 3.60. The van der Waals surface area contributed by atoms with Gasteiger partial charge in [0.15, 0.2) is 0 Å². The minimum absolute atomic E-state index is 0.432. The quantitative estimate of drug-likeness (QED) is 0.848. The van der Waals surface area contributed by atoms with Gasteiger partial charge in [0, 0.05) is 12.5 Å². The normalized spacial score (nSPS) is 12.4. The van der Waals surface area contributed by atoms with E-state index in [0.29, 0.717) is 5.92 Å². The van der Waals surface area contributed by atoms with Crippen LogP contribution in [-0.2, 0) is 0 Å². The Balaban J connectivity index is 2.37. The SMILES string of the molecule is CCNCC(c1ccccc1)c1ccc(C)cc1C. The number of nitrogens with one attached hydrogen (secondary N) is 1. The van der Waals surface area contributed by atoms with Gasteiger partial charge in [-0.3, -0.25) is 0 Å². The van der Waals surface area contributed by atoms with Crippen LogP contribution in [0.1, 0.15) is 35.1 Å². The highest BCUT2D eigenvalue weighted by Gasteiger charge is 2.15. The van der Waals surface area contributed by atoms with Crippen LogP contribution >= 0.6 is 0 Å². The van der Waals surface area contributed by atoms with Crippen LogP contribution in [0.25, 0.3) is 0 Å². The van der Waals surface area contributed by atoms with Crippen molar-refractivity contribution in [1.29, 1.82) is 0 Å². The maximum Gasteiger partial charge on any atom is 0.0217 e. The molecule has 0 aliphatic rings. The Morgan fingerprint density at radius 1 is 1.00 bits per heavy atom. The molecule has 1 unspecified atom stereocenters. The molecule has 1 N–H and O–H groups in total. The minimum atomic E-state index is 0.432. The average molecular weight is 253 g/mol. The van der Waals surface area contributed by atoms with Gasteiger partial charge in [-0.2, -0.15) is 0 Å². The largest absolute Gasteiger partial charge is 0.316 e. The predicted octanol–water partition coefficient (Wildman–Crippen LogP) is 4.04. The Labute approximate surface area is 116 Å². The Morgan fingerprint density at radius 2 is 1.74 bits per heavy atom. The van der Waals surface area contributed by atoms with Gasteiger partial charge in [0.05, 0.1) is 0 Å². The number of likely N-dealkylation sites (N-methyl/N-ethyl adjacent to an activating group) is 1. The molecule has 0 spiro atoms. The van der Waals surface area contributed by atoms with Gasteiger partial charge >= 0.3 is 0 Å². The predicted molar refractivity (Wildman–Crippen MR) is 82.7 cm³/mol. The molecule has 0 aromatic heterocycles. The van der Waals surface area contributed by atoms with Crippen molar-refractivity contribution in [2.24, 2.45) is 0 Å². The fourth-order valence-corrected chi connectivity index (χ4v) is 2.60. The van der Waals surface area contributed by atoms with Crippen molar-refractivity contribution in [2.45, 2.75) is 26.7 Å². The molecule has 0 bridgehead atoms. The zero-order chi connectivity index (χ0) is 13.7. The van der Waals surface area contributed by atoms with Crippen molar-refractivity contribution in [3.8, 4) is 0 Å². The first-order chi connectivity index (χ1) is 9.22. The van der Waals surface area contributed by atoms with Gasteiger partial charge in [-0.05, 0) is 37.1 Å². The molecule has 0 heterocycles. The van der Waals surface area contributed by atoms with Crippen LogP contribution in [0.4, 0.5) is 0 Å². The molecule has 100 valence electrons. The van der Waals surface area contributed by atoms with Crippen molar-refractivity contribution in [3.05, 3.63) is 70.8 Å². The summed E-state index contributed by atoms with van der Waals surface area (Å²) in [6.45, 7) is 8.52. The van der Waals surface area contributed by atoms with E-state index in [9.17, 15) is 0 Å². The molecule has 1 heteroatoms. The van der Waals surface area contributed by atoms with Crippen molar-refractivity contribution < 1.29 is 0 Å². The summed E-state index contributed by atoms with van der Waals surface area (Å²) >= 11 is 0. The Kier molecular flexibility index (Phi) is 4.75. The Morgan fingerprint density at radius 3 is 2.37 bits per heavy atom. The van der Waals surface area contributed by atoms with Gasteiger partial charge in [-0.15, -0.1) is 0 Å². The summed E-state index contributed by atoms with van der Waals surface area (Å²) < 4.78 is 0. The molecule has 0 radical (unpaired) electrons. The maximum absolute atomic E-state index is 3.49. The monoisotopic (exact) mass is 253 g/mol. The van der Waals surface area contributed by atoms with Crippen LogP contribution in [-0.4, -0.2) is 13.1 Å². The van der Waals surface area contributed by atoms with E-state index in [2.05, 4.69) is 74.6 Å². The number of hydrogen-bond acceptors (Lipinski definition) is 1. The van der Waals surface area contributed by atoms with E-state index in [1.165, 1.54) is 22.3 Å². The second-order valence-electron chi connectivity index (χ2n) is 5.13. The van der Waals surface area contributed by atoms with Gasteiger partial charge in [0.25, 0.3) is 0 Å². The van der Waals surface area contributed by atoms with E-state index in [1.54, 1.807) is 0 Å². The third kappa shape index (κ3) is 3.45. The minimum Gasteiger partial charge on any atom is -0.316 e. The lowest BCUT2D eigenvalue weighted by Gasteiger charge is -2.21. The Bertz CT molecular complexity index is 516. The summed E-state index contributed by atoms with van der Waals surface area (Å²) in [5.74, 6) is 0.432. The second-order valence-corrected chi connectivity index (χ2v) is 5.13. The summed E-state index contributed by atoms with van der Waals surface area (Å²) in [6, 6.07) is 17.5. The molecular weight excluding hydrogens is 230 g/mol. The van der Waals surface area contributed by atoms with Crippen molar-refractivity contribution in [1.82, 2.24) is 5.32 Å². The van der Waals surface area contributed by atoms with Crippen LogP contribution in [0.2, 0.25) is 0 Å². The van der Waals surface area contributed by atoms with Gasteiger partial charge < -0.3 is 5.32 Å². The van der Waals surface area contributed by atoms with Crippen LogP contribution in [0.3, 0.4) is 0 Å². The number of aryl methyl sites for hydroxylation is 2. The van der Waals surface area contributed by atoms with Crippen LogP contribution in [0, 0.1) is 13.8 Å². The lowest BCUT2D eigenvalue weighted by atomic mass is 9.87. The van der Waals surface area contributed by atoms with Gasteiger partial charge in [-0.1, -0.05) is 61.0 Å². The highest BCUT2D eigenvalue weighted by Crippen LogP contribution is 2.27. The summed E-state index contributed by atoms with van der Waals surface area (Å²) in [5, 5.41) is 3.49. The van der Waals surface area contributed by atoms with Gasteiger partial charge in [-0.25, -0.2) is 0 Å². The smallest absolute Gasteiger partial charge is 0.0217 e. The lowest BCUT2D eigenvalue weighted by Crippen LogP contribution is -2.22. The first kappa shape index (κ1) is 13.8. The third-order valence-corrected chi connectivity index (χ3v) is 3.60. The fraction of sp³-hybridized carbons (Fsp3) is 0.333. The second kappa shape index (κ2) is 6.53. The first-order valence-electron chi connectivity index (χ1n) is 7.05. The van der Waals surface area contributed by atoms with Crippen molar-refractivity contribution in [3.63, 3.8) is 0 Å². The van der Waals surface area contributed by atoms with Crippen molar-refractivity contribution in [2.75, 3.05) is 13.1 Å². The molecule has 0 fully saturated rings. The van der Waals surface area contributed by atoms with E-state index in [4.69, 9.17) is 0 Å². The first-order valence-corrected chi connectivity index (χ1v) is 7.05. The molecule has 1 nitrogen and oxygen atoms in total. The number of rotatable bonds is 5. The van der Waals surface area contributed by atoms with E-state index in [0.717, 1.165) is 13.1 Å². The van der Waals surface area contributed by atoms with E-state index >= 15 is 0 Å². The molecule has 1 atom stereocenters. The van der Waals surface area contributed by atoms with E-state index in [-0.39, 0.29) is 0 Å². The summed E-state index contributed by atoms with van der Waals surface area (Å²) in [7, 11) is 0. The molecule has 2 rings (SSSR count). The lowest BCUT2D eigenvalue weighted by molar-refractivity contribution is 0.656. The summed E-state index contributed by atoms with van der Waals surface area (Å²) in [4.78, 5) is 0. The van der Waals surface area contributed by atoms with Gasteiger partial charge in [0.1, 0.15) is 0 Å². The van der Waals surface area contributed by atoms with Crippen LogP contribution in [0.5, 0.6) is 0 Å². The summed E-state index contributed by atoms with van der Waals surface area (Å²) in [5.41, 5.74) is 5.52. The summed E-state index contributed by atoms with van der Waals surface area (Å²) in [6.07, 6.45) is 0. The van der Waals surface area contributed by atoms with E-state index in [1.807, 2.05) is 0 Å². The molecule has 2 aromatic rings. The van der Waals surface area contributed by atoms with Crippen LogP contribution in [0.15, 0.2) is 48.5 Å². The molecule has 2 aromatic carbocycles. The zero-order valence-corrected chi connectivity index (χ0v) is 12.1. The highest BCUT2D eigenvalue weighted by atomic mass is 14.8. The molecular formula is C18H23N. The standard InChI is InChI=1S/C18H23N/c1-4-19-13-18(16-8-6-5-7-9-16)17-11-10-14(2)12-15(17)3/h5-12,18-19H,4,13H2,1-3H3. The average Bonchev–Trinajstić information content (AvgIpc) is 2.42. The van der Waals surface area contributed by atoms with Gasteiger partial charge in [0.2, 0.25) is 0 Å². The molecule has 0 aliphatic carbocycles. The molecule has 0 saturated carbocycles. The number of benzene rings is 2. The maximum atomic E-state index is 3.49. The molecule has 19 heavy (non-hydrogen) atoms. The fourth-order valence-electron chi connectivity index (χ4n) is 2.60. The highest BCUT2D eigenvalue weighted by molar-refractivity contribution is 5.39. The molecule has 0 saturated heterocycles. The Hall–Kier alpha value is -1.60. The molecule has 0 amide bonds. The van der Waals surface area contributed by atoms with Crippen molar-refractivity contribution >= 4 is 0 Å². The van der Waals surface area contributed by atoms with Crippen LogP contribution < -0.4 is 5.32 Å². The number of hydrogen-bond donors (Lipinski definition) is 1.